The minimum Gasteiger partial charge on any atom is -0.469 e. The molecule has 2 N–H and O–H groups in total. The monoisotopic (exact) mass is 250 g/mol. The molecular formula is C13H18N2O3. The summed E-state index contributed by atoms with van der Waals surface area (Å²) < 4.78 is 4.46. The zero-order valence-electron chi connectivity index (χ0n) is 10.7. The zero-order chi connectivity index (χ0) is 13.4. The van der Waals surface area contributed by atoms with E-state index in [4.69, 9.17) is 0 Å². The van der Waals surface area contributed by atoms with Crippen molar-refractivity contribution in [1.82, 2.24) is 10.6 Å². The van der Waals surface area contributed by atoms with Crippen LogP contribution in [0.3, 0.4) is 0 Å². The first-order chi connectivity index (χ1) is 8.61. The van der Waals surface area contributed by atoms with Crippen molar-refractivity contribution >= 4 is 12.0 Å². The molecule has 1 rings (SSSR count). The van der Waals surface area contributed by atoms with Gasteiger partial charge in [0.15, 0.2) is 0 Å². The van der Waals surface area contributed by atoms with E-state index in [9.17, 15) is 9.59 Å². The highest BCUT2D eigenvalue weighted by molar-refractivity contribution is 5.75. The summed E-state index contributed by atoms with van der Waals surface area (Å²) in [6, 6.07) is 7.62. The van der Waals surface area contributed by atoms with Crippen LogP contribution >= 0.6 is 0 Å². The molecule has 0 aliphatic carbocycles. The van der Waals surface area contributed by atoms with Gasteiger partial charge < -0.3 is 15.4 Å². The Balaban J connectivity index is 2.21. The van der Waals surface area contributed by atoms with E-state index >= 15 is 0 Å². The predicted molar refractivity (Wildman–Crippen MR) is 68.1 cm³/mol. The summed E-state index contributed by atoms with van der Waals surface area (Å²) in [6.07, 6.45) is 0.175. The predicted octanol–water partition coefficient (Wildman–Crippen LogP) is 1.36. The number of rotatable bonds is 5. The molecule has 0 saturated heterocycles. The highest BCUT2D eigenvalue weighted by Gasteiger charge is 2.03. The number of amides is 2. The molecule has 0 atom stereocenters. The van der Waals surface area contributed by atoms with E-state index in [1.165, 1.54) is 12.7 Å². The Morgan fingerprint density at radius 1 is 1.17 bits per heavy atom. The lowest BCUT2D eigenvalue weighted by molar-refractivity contribution is -0.140. The van der Waals surface area contributed by atoms with E-state index in [1.54, 1.807) is 0 Å². The molecule has 2 amide bonds. The van der Waals surface area contributed by atoms with Gasteiger partial charge in [0.05, 0.1) is 13.5 Å². The summed E-state index contributed by atoms with van der Waals surface area (Å²) in [5, 5.41) is 5.29. The van der Waals surface area contributed by atoms with E-state index in [0.717, 1.165) is 5.56 Å². The van der Waals surface area contributed by atoms with E-state index in [-0.39, 0.29) is 25.0 Å². The van der Waals surface area contributed by atoms with E-state index < -0.39 is 0 Å². The molecule has 1 aromatic rings. The number of nitrogens with one attached hydrogen (secondary N) is 2. The highest BCUT2D eigenvalue weighted by atomic mass is 16.5. The topological polar surface area (TPSA) is 67.4 Å². The maximum absolute atomic E-state index is 11.4. The van der Waals surface area contributed by atoms with Crippen molar-refractivity contribution in [2.75, 3.05) is 13.7 Å². The summed E-state index contributed by atoms with van der Waals surface area (Å²) >= 11 is 0. The average Bonchev–Trinajstić information content (AvgIpc) is 2.38. The lowest BCUT2D eigenvalue weighted by Gasteiger charge is -2.07. The van der Waals surface area contributed by atoms with E-state index in [1.807, 2.05) is 31.2 Å². The van der Waals surface area contributed by atoms with Gasteiger partial charge in [0.25, 0.3) is 0 Å². The lowest BCUT2D eigenvalue weighted by Crippen LogP contribution is -2.36. The van der Waals surface area contributed by atoms with Gasteiger partial charge in [-0.1, -0.05) is 29.8 Å². The van der Waals surface area contributed by atoms with Crippen molar-refractivity contribution in [3.05, 3.63) is 35.4 Å². The highest BCUT2D eigenvalue weighted by Crippen LogP contribution is 2.02. The van der Waals surface area contributed by atoms with Crippen LogP contribution in [0.2, 0.25) is 0 Å². The minimum absolute atomic E-state index is 0.175. The summed E-state index contributed by atoms with van der Waals surface area (Å²) in [5.41, 5.74) is 2.21. The third-order valence-electron chi connectivity index (χ3n) is 2.42. The molecule has 0 aliphatic heterocycles. The second-order valence-electron chi connectivity index (χ2n) is 3.92. The Hall–Kier alpha value is -2.04. The average molecular weight is 250 g/mol. The normalized spacial score (nSPS) is 9.67. The third-order valence-corrected chi connectivity index (χ3v) is 2.42. The fourth-order valence-electron chi connectivity index (χ4n) is 1.33. The Labute approximate surface area is 107 Å². The van der Waals surface area contributed by atoms with Gasteiger partial charge in [0.1, 0.15) is 0 Å². The number of ether oxygens (including phenoxy) is 1. The van der Waals surface area contributed by atoms with Crippen molar-refractivity contribution in [1.29, 1.82) is 0 Å². The van der Waals surface area contributed by atoms with Gasteiger partial charge in [-0.25, -0.2) is 4.79 Å². The molecule has 0 aliphatic rings. The van der Waals surface area contributed by atoms with Gasteiger partial charge in [-0.05, 0) is 12.5 Å². The van der Waals surface area contributed by atoms with Crippen molar-refractivity contribution in [2.45, 2.75) is 19.9 Å². The molecular weight excluding hydrogens is 232 g/mol. The van der Waals surface area contributed by atoms with Gasteiger partial charge >= 0.3 is 12.0 Å². The summed E-state index contributed by atoms with van der Waals surface area (Å²) in [4.78, 5) is 22.2. The summed E-state index contributed by atoms with van der Waals surface area (Å²) in [5.74, 6) is -0.339. The number of urea groups is 1. The van der Waals surface area contributed by atoms with Crippen LogP contribution in [0.25, 0.3) is 0 Å². The SMILES string of the molecule is COC(=O)CCNC(=O)NCc1ccc(C)cc1. The molecule has 98 valence electrons. The quantitative estimate of drug-likeness (QED) is 0.775. The number of benzene rings is 1. The minimum atomic E-state index is -0.339. The van der Waals surface area contributed by atoms with Crippen LogP contribution in [-0.4, -0.2) is 25.7 Å². The van der Waals surface area contributed by atoms with Gasteiger partial charge in [-0.2, -0.15) is 0 Å². The summed E-state index contributed by atoms with van der Waals surface area (Å²) in [7, 11) is 1.32. The Bertz CT molecular complexity index is 401. The van der Waals surface area contributed by atoms with Gasteiger partial charge in [-0.15, -0.1) is 0 Å². The molecule has 18 heavy (non-hydrogen) atoms. The number of methoxy groups -OCH3 is 1. The largest absolute Gasteiger partial charge is 0.469 e. The van der Waals surface area contributed by atoms with Crippen molar-refractivity contribution in [3.63, 3.8) is 0 Å². The molecule has 0 spiro atoms. The molecule has 0 aromatic heterocycles. The van der Waals surface area contributed by atoms with Crippen LogP contribution in [-0.2, 0) is 16.1 Å². The van der Waals surface area contributed by atoms with Crippen LogP contribution in [0.5, 0.6) is 0 Å². The first kappa shape index (κ1) is 14.0. The van der Waals surface area contributed by atoms with Crippen molar-refractivity contribution in [2.24, 2.45) is 0 Å². The molecule has 1 aromatic carbocycles. The van der Waals surface area contributed by atoms with Crippen LogP contribution < -0.4 is 10.6 Å². The van der Waals surface area contributed by atoms with Crippen LogP contribution in [0.15, 0.2) is 24.3 Å². The van der Waals surface area contributed by atoms with Crippen LogP contribution in [0.4, 0.5) is 4.79 Å². The molecule has 0 unspecified atom stereocenters. The molecule has 0 radical (unpaired) electrons. The smallest absolute Gasteiger partial charge is 0.315 e. The number of aryl methyl sites for hydroxylation is 1. The number of carbonyl (C=O) groups excluding carboxylic acids is 2. The molecule has 0 heterocycles. The first-order valence-corrected chi connectivity index (χ1v) is 5.76. The fourth-order valence-corrected chi connectivity index (χ4v) is 1.33. The van der Waals surface area contributed by atoms with Gasteiger partial charge in [0.2, 0.25) is 0 Å². The van der Waals surface area contributed by atoms with Crippen molar-refractivity contribution in [3.8, 4) is 0 Å². The Morgan fingerprint density at radius 3 is 2.44 bits per heavy atom. The molecule has 0 bridgehead atoms. The second kappa shape index (κ2) is 7.32. The molecule has 0 fully saturated rings. The maximum Gasteiger partial charge on any atom is 0.315 e. The maximum atomic E-state index is 11.4. The van der Waals surface area contributed by atoms with Crippen LogP contribution in [0, 0.1) is 6.92 Å². The van der Waals surface area contributed by atoms with Gasteiger partial charge in [-0.3, -0.25) is 4.79 Å². The Morgan fingerprint density at radius 2 is 1.83 bits per heavy atom. The third kappa shape index (κ3) is 5.34. The number of esters is 1. The standard InChI is InChI=1S/C13H18N2O3/c1-10-3-5-11(6-4-10)9-15-13(17)14-8-7-12(16)18-2/h3-6H,7-9H2,1-2H3,(H2,14,15,17). The number of hydrogen-bond donors (Lipinski definition) is 2. The van der Waals surface area contributed by atoms with Crippen molar-refractivity contribution < 1.29 is 14.3 Å². The first-order valence-electron chi connectivity index (χ1n) is 5.76. The second-order valence-corrected chi connectivity index (χ2v) is 3.92. The summed E-state index contributed by atoms with van der Waals surface area (Å²) in [6.45, 7) is 2.74. The fraction of sp³-hybridized carbons (Fsp3) is 0.385. The molecule has 0 saturated carbocycles. The van der Waals surface area contributed by atoms with Crippen LogP contribution in [0.1, 0.15) is 17.5 Å². The van der Waals surface area contributed by atoms with E-state index in [2.05, 4.69) is 15.4 Å². The molecule has 5 heteroatoms. The van der Waals surface area contributed by atoms with Gasteiger partial charge in [0, 0.05) is 13.1 Å². The molecule has 5 nitrogen and oxygen atoms in total. The number of carbonyl (C=O) groups is 2. The van der Waals surface area contributed by atoms with E-state index in [0.29, 0.717) is 6.54 Å². The zero-order valence-corrected chi connectivity index (χ0v) is 10.7. The number of hydrogen-bond acceptors (Lipinski definition) is 3. The Kier molecular flexibility index (Phi) is 5.70. The lowest BCUT2D eigenvalue weighted by atomic mass is 10.1.